The van der Waals surface area contributed by atoms with Gasteiger partial charge in [-0.1, -0.05) is 12.2 Å². The van der Waals surface area contributed by atoms with Gasteiger partial charge in [0.05, 0.1) is 4.99 Å². The van der Waals surface area contributed by atoms with Gasteiger partial charge in [0.25, 0.3) is 5.91 Å². The summed E-state index contributed by atoms with van der Waals surface area (Å²) in [5.74, 6) is 1.24. The largest absolute Gasteiger partial charge is 0.486 e. The zero-order chi connectivity index (χ0) is 15.4. The molecule has 0 bridgehead atoms. The molecule has 114 valence electrons. The van der Waals surface area contributed by atoms with Crippen LogP contribution in [-0.2, 0) is 0 Å². The summed E-state index contributed by atoms with van der Waals surface area (Å²) in [7, 11) is 0. The number of nitrogens with two attached hydrogens (primary N) is 1. The Labute approximate surface area is 130 Å². The molecule has 5 nitrogen and oxygen atoms in total. The Morgan fingerprint density at radius 2 is 2.00 bits per heavy atom. The fourth-order valence-corrected chi connectivity index (χ4v) is 2.26. The van der Waals surface area contributed by atoms with Crippen LogP contribution >= 0.6 is 12.2 Å². The Kier molecular flexibility index (Phi) is 5.01. The van der Waals surface area contributed by atoms with Gasteiger partial charge in [0, 0.05) is 24.6 Å². The lowest BCUT2D eigenvalue weighted by atomic mass is 10.1. The van der Waals surface area contributed by atoms with Crippen molar-refractivity contribution in [2.24, 2.45) is 5.73 Å². The maximum absolute atomic E-state index is 12.6. The monoisotopic (exact) mass is 308 g/mol. The van der Waals surface area contributed by atoms with Gasteiger partial charge in [0.1, 0.15) is 13.2 Å². The first-order valence-electron chi connectivity index (χ1n) is 6.98. The molecule has 0 aromatic heterocycles. The normalized spacial score (nSPS) is 13.1. The van der Waals surface area contributed by atoms with Gasteiger partial charge >= 0.3 is 0 Å². The Morgan fingerprint density at radius 3 is 2.62 bits per heavy atom. The standard InChI is InChI=1S/C15H20N2O3S/c1-10(2)17(6-5-14(16)21)15(18)11-3-4-12-13(9-11)20-8-7-19-12/h3-4,9-10H,5-8H2,1-2H3,(H2,16,21). The molecule has 1 aromatic carbocycles. The van der Waals surface area contributed by atoms with Crippen LogP contribution in [0.4, 0.5) is 0 Å². The SMILES string of the molecule is CC(C)N(CCC(N)=S)C(=O)c1ccc2c(c1)OCCO2. The van der Waals surface area contributed by atoms with Crippen molar-refractivity contribution in [2.75, 3.05) is 19.8 Å². The smallest absolute Gasteiger partial charge is 0.254 e. The van der Waals surface area contributed by atoms with Crippen LogP contribution in [0, 0.1) is 0 Å². The molecule has 1 aromatic rings. The fourth-order valence-electron chi connectivity index (χ4n) is 2.17. The highest BCUT2D eigenvalue weighted by molar-refractivity contribution is 7.80. The maximum atomic E-state index is 12.6. The highest BCUT2D eigenvalue weighted by atomic mass is 32.1. The van der Waals surface area contributed by atoms with Crippen LogP contribution < -0.4 is 15.2 Å². The molecule has 0 radical (unpaired) electrons. The number of nitrogens with zero attached hydrogens (tertiary/aromatic N) is 1. The van der Waals surface area contributed by atoms with Gasteiger partial charge in [-0.25, -0.2) is 0 Å². The number of carbonyl (C=O) groups excluding carboxylic acids is 1. The Bertz CT molecular complexity index is 546. The van der Waals surface area contributed by atoms with Crippen molar-refractivity contribution in [1.82, 2.24) is 4.90 Å². The second-order valence-electron chi connectivity index (χ2n) is 5.17. The number of hydrogen-bond donors (Lipinski definition) is 1. The molecule has 1 amide bonds. The molecular weight excluding hydrogens is 288 g/mol. The number of hydrogen-bond acceptors (Lipinski definition) is 4. The summed E-state index contributed by atoms with van der Waals surface area (Å²) >= 11 is 4.89. The van der Waals surface area contributed by atoms with E-state index in [0.29, 0.717) is 48.2 Å². The second kappa shape index (κ2) is 6.76. The van der Waals surface area contributed by atoms with Crippen molar-refractivity contribution in [2.45, 2.75) is 26.3 Å². The van der Waals surface area contributed by atoms with E-state index in [1.54, 1.807) is 23.1 Å². The Balaban J connectivity index is 2.18. The molecule has 1 aliphatic rings. The van der Waals surface area contributed by atoms with Gasteiger partial charge in [0.2, 0.25) is 0 Å². The van der Waals surface area contributed by atoms with Gasteiger partial charge in [-0.2, -0.15) is 0 Å². The third-order valence-corrected chi connectivity index (χ3v) is 3.48. The van der Waals surface area contributed by atoms with Crippen molar-refractivity contribution in [1.29, 1.82) is 0 Å². The lowest BCUT2D eigenvalue weighted by molar-refractivity contribution is 0.0710. The first-order chi connectivity index (χ1) is 9.99. The molecular formula is C15H20N2O3S. The van der Waals surface area contributed by atoms with E-state index in [2.05, 4.69) is 0 Å². The summed E-state index contributed by atoms with van der Waals surface area (Å²) in [6, 6.07) is 5.33. The van der Waals surface area contributed by atoms with E-state index in [0.717, 1.165) is 0 Å². The van der Waals surface area contributed by atoms with E-state index in [1.807, 2.05) is 13.8 Å². The number of fused-ring (bicyclic) bond motifs is 1. The zero-order valence-electron chi connectivity index (χ0n) is 12.3. The van der Waals surface area contributed by atoms with Crippen LogP contribution in [-0.4, -0.2) is 41.6 Å². The lowest BCUT2D eigenvalue weighted by Gasteiger charge is -2.27. The summed E-state index contributed by atoms with van der Waals surface area (Å²) in [6.45, 7) is 5.48. The summed E-state index contributed by atoms with van der Waals surface area (Å²) in [5, 5.41) is 0. The highest BCUT2D eigenvalue weighted by Gasteiger charge is 2.21. The van der Waals surface area contributed by atoms with Crippen molar-refractivity contribution in [3.8, 4) is 11.5 Å². The second-order valence-corrected chi connectivity index (χ2v) is 5.69. The molecule has 0 fully saturated rings. The van der Waals surface area contributed by atoms with Gasteiger partial charge in [-0.3, -0.25) is 4.79 Å². The molecule has 6 heteroatoms. The molecule has 1 heterocycles. The minimum absolute atomic E-state index is 0.0572. The summed E-state index contributed by atoms with van der Waals surface area (Å²) in [4.78, 5) is 14.8. The van der Waals surface area contributed by atoms with Gasteiger partial charge in [-0.15, -0.1) is 0 Å². The average Bonchev–Trinajstić information content (AvgIpc) is 2.46. The van der Waals surface area contributed by atoms with Crippen LogP contribution in [0.15, 0.2) is 18.2 Å². The Hall–Kier alpha value is -1.82. The van der Waals surface area contributed by atoms with E-state index in [4.69, 9.17) is 27.4 Å². The van der Waals surface area contributed by atoms with Crippen LogP contribution in [0.2, 0.25) is 0 Å². The van der Waals surface area contributed by atoms with Gasteiger partial charge in [-0.05, 0) is 32.0 Å². The lowest BCUT2D eigenvalue weighted by Crippen LogP contribution is -2.39. The van der Waals surface area contributed by atoms with Crippen molar-refractivity contribution in [3.63, 3.8) is 0 Å². The summed E-state index contributed by atoms with van der Waals surface area (Å²) in [5.41, 5.74) is 6.11. The predicted molar refractivity (Wildman–Crippen MR) is 85.0 cm³/mol. The first-order valence-corrected chi connectivity index (χ1v) is 7.39. The quantitative estimate of drug-likeness (QED) is 0.843. The average molecular weight is 308 g/mol. The summed E-state index contributed by atoms with van der Waals surface area (Å²) in [6.07, 6.45) is 0.518. The predicted octanol–water partition coefficient (Wildman–Crippen LogP) is 1.98. The molecule has 0 atom stereocenters. The molecule has 0 aliphatic carbocycles. The summed E-state index contributed by atoms with van der Waals surface area (Å²) < 4.78 is 11.0. The number of amides is 1. The minimum atomic E-state index is -0.0572. The van der Waals surface area contributed by atoms with Crippen molar-refractivity contribution in [3.05, 3.63) is 23.8 Å². The van der Waals surface area contributed by atoms with Crippen molar-refractivity contribution >= 4 is 23.1 Å². The molecule has 21 heavy (non-hydrogen) atoms. The van der Waals surface area contributed by atoms with E-state index in [9.17, 15) is 4.79 Å². The zero-order valence-corrected chi connectivity index (χ0v) is 13.1. The molecule has 2 N–H and O–H groups in total. The third kappa shape index (κ3) is 3.85. The third-order valence-electron chi connectivity index (χ3n) is 3.27. The number of rotatable bonds is 5. The Morgan fingerprint density at radius 1 is 1.33 bits per heavy atom. The van der Waals surface area contributed by atoms with Crippen molar-refractivity contribution < 1.29 is 14.3 Å². The van der Waals surface area contributed by atoms with E-state index in [-0.39, 0.29) is 11.9 Å². The number of ether oxygens (including phenoxy) is 2. The van der Waals surface area contributed by atoms with E-state index in [1.165, 1.54) is 0 Å². The molecule has 0 unspecified atom stereocenters. The van der Waals surface area contributed by atoms with E-state index < -0.39 is 0 Å². The van der Waals surface area contributed by atoms with Crippen LogP contribution in [0.5, 0.6) is 11.5 Å². The first kappa shape index (κ1) is 15.6. The molecule has 0 saturated heterocycles. The highest BCUT2D eigenvalue weighted by Crippen LogP contribution is 2.31. The molecule has 1 aliphatic heterocycles. The van der Waals surface area contributed by atoms with Crippen LogP contribution in [0.3, 0.4) is 0 Å². The van der Waals surface area contributed by atoms with E-state index >= 15 is 0 Å². The maximum Gasteiger partial charge on any atom is 0.254 e. The fraction of sp³-hybridized carbons (Fsp3) is 0.467. The molecule has 0 saturated carbocycles. The van der Waals surface area contributed by atoms with Gasteiger partial charge < -0.3 is 20.1 Å². The topological polar surface area (TPSA) is 64.8 Å². The minimum Gasteiger partial charge on any atom is -0.486 e. The van der Waals surface area contributed by atoms with Crippen LogP contribution in [0.25, 0.3) is 0 Å². The van der Waals surface area contributed by atoms with Gasteiger partial charge in [0.15, 0.2) is 11.5 Å². The number of carbonyl (C=O) groups is 1. The molecule has 0 spiro atoms. The molecule has 2 rings (SSSR count). The van der Waals surface area contributed by atoms with Crippen LogP contribution in [0.1, 0.15) is 30.6 Å². The number of benzene rings is 1. The number of thiocarbonyl (C=S) groups is 1.